The van der Waals surface area contributed by atoms with Crippen LogP contribution in [0.25, 0.3) is 0 Å². The Morgan fingerprint density at radius 2 is 2.11 bits per heavy atom. The standard InChI is InChI=1S/C12H19FN4O2/c1-2-3-8(17-6-4-14-5-7-17)10-15-11(18)9(13)12(19)16-10/h8-9,14H,2-7H2,1H3,(H,15,16,18,19). The number of carbonyl (C=O) groups is 2. The molecule has 0 radical (unpaired) electrons. The molecule has 0 saturated carbocycles. The van der Waals surface area contributed by atoms with Crippen LogP contribution in [0.3, 0.4) is 0 Å². The molecule has 7 heteroatoms. The molecular formula is C12H19FN4O2. The number of alkyl halides is 1. The van der Waals surface area contributed by atoms with Gasteiger partial charge in [0.15, 0.2) is 0 Å². The van der Waals surface area contributed by atoms with Gasteiger partial charge in [-0.25, -0.2) is 4.39 Å². The van der Waals surface area contributed by atoms with Crippen LogP contribution in [0.4, 0.5) is 4.39 Å². The number of amides is 2. The number of nitrogens with zero attached hydrogens (tertiary/aromatic N) is 2. The van der Waals surface area contributed by atoms with Gasteiger partial charge in [-0.15, -0.1) is 0 Å². The highest BCUT2D eigenvalue weighted by Gasteiger charge is 2.36. The SMILES string of the molecule is CCCC(C1=NC(=O)C(F)C(=O)N1)N1CCNCC1. The third kappa shape index (κ3) is 3.16. The first-order valence-corrected chi connectivity index (χ1v) is 6.65. The Balaban J connectivity index is 2.16. The van der Waals surface area contributed by atoms with E-state index in [1.165, 1.54) is 0 Å². The number of hydrogen-bond donors (Lipinski definition) is 2. The minimum Gasteiger partial charge on any atom is -0.314 e. The first-order valence-electron chi connectivity index (χ1n) is 6.65. The van der Waals surface area contributed by atoms with Gasteiger partial charge in [0.25, 0.3) is 18.0 Å². The van der Waals surface area contributed by atoms with E-state index in [1.54, 1.807) is 0 Å². The number of amidine groups is 1. The molecule has 2 atom stereocenters. The van der Waals surface area contributed by atoms with Gasteiger partial charge in [-0.1, -0.05) is 13.3 Å². The van der Waals surface area contributed by atoms with Crippen molar-refractivity contribution in [2.75, 3.05) is 26.2 Å². The molecular weight excluding hydrogens is 251 g/mol. The summed E-state index contributed by atoms with van der Waals surface area (Å²) in [6.07, 6.45) is -0.478. The second-order valence-electron chi connectivity index (χ2n) is 4.78. The van der Waals surface area contributed by atoms with E-state index in [9.17, 15) is 14.0 Å². The number of carbonyl (C=O) groups excluding carboxylic acids is 2. The highest BCUT2D eigenvalue weighted by atomic mass is 19.1. The maximum atomic E-state index is 13.1. The van der Waals surface area contributed by atoms with Gasteiger partial charge in [0.1, 0.15) is 5.84 Å². The summed E-state index contributed by atoms with van der Waals surface area (Å²) in [5, 5.41) is 5.68. The van der Waals surface area contributed by atoms with Crippen molar-refractivity contribution in [1.29, 1.82) is 0 Å². The quantitative estimate of drug-likeness (QED) is 0.673. The van der Waals surface area contributed by atoms with Crippen LogP contribution in [0.2, 0.25) is 0 Å². The lowest BCUT2D eigenvalue weighted by molar-refractivity contribution is -0.134. The second-order valence-corrected chi connectivity index (χ2v) is 4.78. The van der Waals surface area contributed by atoms with Crippen molar-refractivity contribution < 1.29 is 14.0 Å². The zero-order valence-electron chi connectivity index (χ0n) is 11.0. The molecule has 0 aliphatic carbocycles. The summed E-state index contributed by atoms with van der Waals surface area (Å²) in [6.45, 7) is 5.40. The lowest BCUT2D eigenvalue weighted by atomic mass is 10.1. The largest absolute Gasteiger partial charge is 0.314 e. The lowest BCUT2D eigenvalue weighted by Gasteiger charge is -2.36. The molecule has 2 N–H and O–H groups in total. The molecule has 19 heavy (non-hydrogen) atoms. The zero-order chi connectivity index (χ0) is 13.8. The van der Waals surface area contributed by atoms with Gasteiger partial charge in [0.05, 0.1) is 6.04 Å². The first kappa shape index (κ1) is 14.1. The summed E-state index contributed by atoms with van der Waals surface area (Å²) in [5.41, 5.74) is 0. The van der Waals surface area contributed by atoms with Crippen LogP contribution < -0.4 is 10.6 Å². The van der Waals surface area contributed by atoms with E-state index >= 15 is 0 Å². The van der Waals surface area contributed by atoms with Crippen molar-refractivity contribution in [3.05, 3.63) is 0 Å². The van der Waals surface area contributed by atoms with Gasteiger partial charge in [-0.05, 0) is 6.42 Å². The molecule has 1 fully saturated rings. The van der Waals surface area contributed by atoms with Gasteiger partial charge in [-0.3, -0.25) is 14.5 Å². The molecule has 106 valence electrons. The number of piperazine rings is 1. The molecule has 6 nitrogen and oxygen atoms in total. The number of hydrogen-bond acceptors (Lipinski definition) is 4. The van der Waals surface area contributed by atoms with Crippen LogP contribution in [-0.2, 0) is 9.59 Å². The Hall–Kier alpha value is -1.34. The highest BCUT2D eigenvalue weighted by Crippen LogP contribution is 2.13. The molecule has 2 rings (SSSR count). The normalized spacial score (nSPS) is 26.8. The molecule has 2 amide bonds. The predicted molar refractivity (Wildman–Crippen MR) is 68.6 cm³/mol. The van der Waals surface area contributed by atoms with E-state index in [0.29, 0.717) is 5.84 Å². The molecule has 1 saturated heterocycles. The van der Waals surface area contributed by atoms with Crippen LogP contribution in [-0.4, -0.2) is 60.9 Å². The third-order valence-electron chi connectivity index (χ3n) is 3.40. The van der Waals surface area contributed by atoms with Gasteiger partial charge < -0.3 is 10.6 Å². The van der Waals surface area contributed by atoms with Crippen molar-refractivity contribution in [1.82, 2.24) is 15.5 Å². The molecule has 2 unspecified atom stereocenters. The van der Waals surface area contributed by atoms with E-state index in [1.807, 2.05) is 6.92 Å². The van der Waals surface area contributed by atoms with Crippen molar-refractivity contribution >= 4 is 17.6 Å². The average Bonchev–Trinajstić information content (AvgIpc) is 2.42. The maximum Gasteiger partial charge on any atom is 0.291 e. The van der Waals surface area contributed by atoms with E-state index in [0.717, 1.165) is 39.0 Å². The number of rotatable bonds is 4. The van der Waals surface area contributed by atoms with Crippen molar-refractivity contribution in [3.8, 4) is 0 Å². The van der Waals surface area contributed by atoms with Crippen LogP contribution in [0.5, 0.6) is 0 Å². The number of aliphatic imine (C=N–C) groups is 1. The molecule has 0 bridgehead atoms. The predicted octanol–water partition coefficient (Wildman–Crippen LogP) is -0.547. The summed E-state index contributed by atoms with van der Waals surface area (Å²) in [4.78, 5) is 28.6. The Labute approximate surface area is 111 Å². The van der Waals surface area contributed by atoms with E-state index < -0.39 is 18.0 Å². The van der Waals surface area contributed by atoms with Crippen molar-refractivity contribution in [2.45, 2.75) is 32.0 Å². The summed E-state index contributed by atoms with van der Waals surface area (Å²) < 4.78 is 13.1. The minimum absolute atomic E-state index is 0.118. The Morgan fingerprint density at radius 3 is 2.68 bits per heavy atom. The second kappa shape index (κ2) is 6.21. The Morgan fingerprint density at radius 1 is 1.42 bits per heavy atom. The van der Waals surface area contributed by atoms with Crippen molar-refractivity contribution in [3.63, 3.8) is 0 Å². The summed E-state index contributed by atoms with van der Waals surface area (Å²) in [7, 11) is 0. The fraction of sp³-hybridized carbons (Fsp3) is 0.750. The van der Waals surface area contributed by atoms with Crippen LogP contribution in [0.15, 0.2) is 4.99 Å². The minimum atomic E-state index is -2.16. The van der Waals surface area contributed by atoms with Gasteiger partial charge in [-0.2, -0.15) is 4.99 Å². The Kier molecular flexibility index (Phi) is 4.60. The molecule has 0 aromatic rings. The van der Waals surface area contributed by atoms with Crippen LogP contribution in [0, 0.1) is 0 Å². The summed E-state index contributed by atoms with van der Waals surface area (Å²) in [6, 6.07) is -0.118. The van der Waals surface area contributed by atoms with Crippen molar-refractivity contribution in [2.24, 2.45) is 4.99 Å². The van der Waals surface area contributed by atoms with Crippen LogP contribution in [0.1, 0.15) is 19.8 Å². The highest BCUT2D eigenvalue weighted by molar-refractivity contribution is 6.18. The smallest absolute Gasteiger partial charge is 0.291 e. The average molecular weight is 270 g/mol. The fourth-order valence-corrected chi connectivity index (χ4v) is 2.42. The zero-order valence-corrected chi connectivity index (χ0v) is 11.0. The molecule has 0 spiro atoms. The Bertz CT molecular complexity index is 393. The summed E-state index contributed by atoms with van der Waals surface area (Å²) >= 11 is 0. The third-order valence-corrected chi connectivity index (χ3v) is 3.40. The molecule has 2 heterocycles. The van der Waals surface area contributed by atoms with Crippen LogP contribution >= 0.6 is 0 Å². The maximum absolute atomic E-state index is 13.1. The molecule has 0 aromatic carbocycles. The monoisotopic (exact) mass is 270 g/mol. The van der Waals surface area contributed by atoms with E-state index in [-0.39, 0.29) is 6.04 Å². The van der Waals surface area contributed by atoms with Gasteiger partial charge in [0.2, 0.25) is 0 Å². The van der Waals surface area contributed by atoms with E-state index in [4.69, 9.17) is 0 Å². The topological polar surface area (TPSA) is 73.8 Å². The molecule has 2 aliphatic rings. The van der Waals surface area contributed by atoms with E-state index in [2.05, 4.69) is 20.5 Å². The number of halogens is 1. The molecule has 0 aromatic heterocycles. The first-order chi connectivity index (χ1) is 9.13. The lowest BCUT2D eigenvalue weighted by Crippen LogP contribution is -2.57. The molecule has 2 aliphatic heterocycles. The van der Waals surface area contributed by atoms with Gasteiger partial charge in [0, 0.05) is 26.2 Å². The van der Waals surface area contributed by atoms with Gasteiger partial charge >= 0.3 is 0 Å². The fourth-order valence-electron chi connectivity index (χ4n) is 2.42. The number of nitrogens with one attached hydrogen (secondary N) is 2. The summed E-state index contributed by atoms with van der Waals surface area (Å²) in [5.74, 6) is -1.59.